The first-order valence-electron chi connectivity index (χ1n) is 10.5. The Bertz CT molecular complexity index is 1320. The van der Waals surface area contributed by atoms with E-state index in [2.05, 4.69) is 15.0 Å². The highest BCUT2D eigenvalue weighted by molar-refractivity contribution is 5.79. The van der Waals surface area contributed by atoms with E-state index in [-0.39, 0.29) is 28.7 Å². The van der Waals surface area contributed by atoms with Crippen LogP contribution in [0.25, 0.3) is 16.6 Å². The molecule has 1 N–H and O–H groups in total. The SMILES string of the molecule is Cc1nc2c(O)cccn2c(=O)c1CCN1CCC(c2noc3ccc(F)cc23)CC1. The van der Waals surface area contributed by atoms with Crippen LogP contribution in [0.3, 0.4) is 0 Å². The van der Waals surface area contributed by atoms with Crippen LogP contribution in [-0.2, 0) is 6.42 Å². The number of halogens is 1. The molecule has 160 valence electrons. The lowest BCUT2D eigenvalue weighted by molar-refractivity contribution is 0.211. The Morgan fingerprint density at radius 3 is 2.87 bits per heavy atom. The monoisotopic (exact) mass is 422 g/mol. The minimum absolute atomic E-state index is 0.00316. The lowest BCUT2D eigenvalue weighted by Crippen LogP contribution is -2.35. The van der Waals surface area contributed by atoms with Crippen molar-refractivity contribution >= 4 is 16.6 Å². The van der Waals surface area contributed by atoms with Gasteiger partial charge in [0.25, 0.3) is 5.56 Å². The minimum atomic E-state index is -0.284. The second kappa shape index (κ2) is 7.77. The molecule has 0 unspecified atom stereocenters. The number of aromatic hydroxyl groups is 1. The van der Waals surface area contributed by atoms with Crippen molar-refractivity contribution in [3.05, 3.63) is 69.7 Å². The number of aryl methyl sites for hydroxylation is 1. The van der Waals surface area contributed by atoms with Gasteiger partial charge in [-0.1, -0.05) is 5.16 Å². The molecule has 1 aliphatic rings. The zero-order valence-corrected chi connectivity index (χ0v) is 17.2. The van der Waals surface area contributed by atoms with E-state index < -0.39 is 0 Å². The summed E-state index contributed by atoms with van der Waals surface area (Å²) in [7, 11) is 0. The third-order valence-electron chi connectivity index (χ3n) is 6.25. The van der Waals surface area contributed by atoms with Gasteiger partial charge in [0.1, 0.15) is 5.82 Å². The number of hydrogen-bond donors (Lipinski definition) is 1. The first-order chi connectivity index (χ1) is 15.0. The number of rotatable bonds is 4. The Morgan fingerprint density at radius 1 is 1.26 bits per heavy atom. The number of pyridine rings is 1. The fourth-order valence-electron chi connectivity index (χ4n) is 4.50. The van der Waals surface area contributed by atoms with Crippen molar-refractivity contribution in [3.8, 4) is 5.75 Å². The molecular weight excluding hydrogens is 399 g/mol. The lowest BCUT2D eigenvalue weighted by Gasteiger charge is -2.31. The summed E-state index contributed by atoms with van der Waals surface area (Å²) in [5, 5.41) is 14.9. The minimum Gasteiger partial charge on any atom is -0.504 e. The molecule has 7 nitrogen and oxygen atoms in total. The van der Waals surface area contributed by atoms with Crippen molar-refractivity contribution in [2.24, 2.45) is 0 Å². The van der Waals surface area contributed by atoms with Gasteiger partial charge in [-0.05, 0) is 69.6 Å². The third kappa shape index (κ3) is 3.57. The predicted octanol–water partition coefficient (Wildman–Crippen LogP) is 3.41. The van der Waals surface area contributed by atoms with Gasteiger partial charge in [0, 0.05) is 35.3 Å². The molecule has 31 heavy (non-hydrogen) atoms. The summed E-state index contributed by atoms with van der Waals surface area (Å²) in [6, 6.07) is 7.66. The number of fused-ring (bicyclic) bond motifs is 2. The fraction of sp³-hybridized carbons (Fsp3) is 0.348. The van der Waals surface area contributed by atoms with Crippen LogP contribution in [0.15, 0.2) is 45.8 Å². The zero-order valence-electron chi connectivity index (χ0n) is 17.2. The van der Waals surface area contributed by atoms with Crippen LogP contribution in [0.2, 0.25) is 0 Å². The Hall–Kier alpha value is -3.26. The molecule has 0 aliphatic carbocycles. The fourth-order valence-corrected chi connectivity index (χ4v) is 4.50. The molecule has 4 heterocycles. The maximum absolute atomic E-state index is 13.6. The number of piperidine rings is 1. The van der Waals surface area contributed by atoms with Crippen LogP contribution < -0.4 is 5.56 Å². The molecule has 1 aliphatic heterocycles. The molecule has 0 spiro atoms. The van der Waals surface area contributed by atoms with E-state index in [1.807, 2.05) is 6.92 Å². The molecule has 1 saturated heterocycles. The molecule has 3 aromatic heterocycles. The van der Waals surface area contributed by atoms with E-state index in [1.54, 1.807) is 18.3 Å². The molecule has 0 saturated carbocycles. The summed E-state index contributed by atoms with van der Waals surface area (Å²) in [5.74, 6) is -0.0538. The van der Waals surface area contributed by atoms with Crippen molar-refractivity contribution in [1.82, 2.24) is 19.4 Å². The molecule has 5 rings (SSSR count). The van der Waals surface area contributed by atoms with Gasteiger partial charge in [0.05, 0.1) is 5.69 Å². The Morgan fingerprint density at radius 2 is 2.06 bits per heavy atom. The number of hydrogen-bond acceptors (Lipinski definition) is 6. The summed E-state index contributed by atoms with van der Waals surface area (Å²) in [5.41, 5.74) is 2.92. The van der Waals surface area contributed by atoms with Crippen LogP contribution in [0, 0.1) is 12.7 Å². The summed E-state index contributed by atoms with van der Waals surface area (Å²) in [6.07, 6.45) is 4.03. The number of aromatic nitrogens is 3. The first kappa shape index (κ1) is 19.7. The normalized spacial score (nSPS) is 15.8. The van der Waals surface area contributed by atoms with E-state index in [1.165, 1.54) is 22.6 Å². The molecule has 0 bridgehead atoms. The van der Waals surface area contributed by atoms with E-state index in [9.17, 15) is 14.3 Å². The average molecular weight is 422 g/mol. The molecule has 4 aromatic rings. The summed E-state index contributed by atoms with van der Waals surface area (Å²) in [4.78, 5) is 19.6. The molecule has 0 radical (unpaired) electrons. The van der Waals surface area contributed by atoms with E-state index in [0.29, 0.717) is 23.3 Å². The number of nitrogens with zero attached hydrogens (tertiary/aromatic N) is 4. The number of benzene rings is 1. The van der Waals surface area contributed by atoms with Crippen LogP contribution in [0.5, 0.6) is 5.75 Å². The molecule has 1 fully saturated rings. The second-order valence-electron chi connectivity index (χ2n) is 8.14. The molecule has 8 heteroatoms. The zero-order chi connectivity index (χ0) is 21.5. The summed E-state index contributed by atoms with van der Waals surface area (Å²) >= 11 is 0. The van der Waals surface area contributed by atoms with Crippen molar-refractivity contribution in [2.75, 3.05) is 19.6 Å². The van der Waals surface area contributed by atoms with Crippen LogP contribution >= 0.6 is 0 Å². The van der Waals surface area contributed by atoms with Gasteiger partial charge in [-0.2, -0.15) is 0 Å². The third-order valence-corrected chi connectivity index (χ3v) is 6.25. The van der Waals surface area contributed by atoms with Gasteiger partial charge >= 0.3 is 0 Å². The highest BCUT2D eigenvalue weighted by atomic mass is 19.1. The summed E-state index contributed by atoms with van der Waals surface area (Å²) < 4.78 is 20.4. The average Bonchev–Trinajstić information content (AvgIpc) is 3.18. The maximum Gasteiger partial charge on any atom is 0.261 e. The molecule has 1 aromatic carbocycles. The van der Waals surface area contributed by atoms with E-state index in [0.717, 1.165) is 43.6 Å². The molecule has 0 amide bonds. The lowest BCUT2D eigenvalue weighted by atomic mass is 9.91. The largest absolute Gasteiger partial charge is 0.504 e. The first-order valence-corrected chi connectivity index (χ1v) is 10.5. The van der Waals surface area contributed by atoms with Crippen LogP contribution in [-0.4, -0.2) is 44.2 Å². The smallest absolute Gasteiger partial charge is 0.261 e. The van der Waals surface area contributed by atoms with Crippen molar-refractivity contribution in [3.63, 3.8) is 0 Å². The maximum atomic E-state index is 13.6. The van der Waals surface area contributed by atoms with Crippen LogP contribution in [0.4, 0.5) is 4.39 Å². The van der Waals surface area contributed by atoms with E-state index >= 15 is 0 Å². The van der Waals surface area contributed by atoms with E-state index in [4.69, 9.17) is 4.52 Å². The second-order valence-corrected chi connectivity index (χ2v) is 8.14. The summed E-state index contributed by atoms with van der Waals surface area (Å²) in [6.45, 7) is 4.31. The quantitative estimate of drug-likeness (QED) is 0.543. The van der Waals surface area contributed by atoms with Crippen molar-refractivity contribution in [1.29, 1.82) is 0 Å². The molecular formula is C23H23FN4O3. The van der Waals surface area contributed by atoms with Gasteiger partial charge in [0.2, 0.25) is 0 Å². The number of likely N-dealkylation sites (tertiary alicyclic amines) is 1. The Labute approximate surface area is 177 Å². The topological polar surface area (TPSA) is 83.9 Å². The van der Waals surface area contributed by atoms with Gasteiger partial charge < -0.3 is 14.5 Å². The van der Waals surface area contributed by atoms with Gasteiger partial charge in [-0.15, -0.1) is 0 Å². The van der Waals surface area contributed by atoms with Crippen molar-refractivity contribution < 1.29 is 14.0 Å². The highest BCUT2D eigenvalue weighted by Gasteiger charge is 2.25. The van der Waals surface area contributed by atoms with Gasteiger partial charge in [-0.25, -0.2) is 9.37 Å². The highest BCUT2D eigenvalue weighted by Crippen LogP contribution is 2.32. The Kier molecular flexibility index (Phi) is 4.94. The van der Waals surface area contributed by atoms with Gasteiger partial charge in [0.15, 0.2) is 17.0 Å². The van der Waals surface area contributed by atoms with Gasteiger partial charge in [-0.3, -0.25) is 9.20 Å². The van der Waals surface area contributed by atoms with Crippen LogP contribution in [0.1, 0.15) is 35.7 Å². The standard InChI is InChI=1S/C23H23FN4O3/c1-14-17(23(30)28-9-2-3-19(29)22(28)25-14)8-12-27-10-6-15(7-11-27)21-18-13-16(24)4-5-20(18)31-26-21/h2-5,9,13,15,29H,6-8,10-12H2,1H3. The Balaban J connectivity index is 1.27. The van der Waals surface area contributed by atoms with Crippen molar-refractivity contribution in [2.45, 2.75) is 32.1 Å². The predicted molar refractivity (Wildman–Crippen MR) is 114 cm³/mol. The molecule has 0 atom stereocenters.